The Morgan fingerprint density at radius 2 is 2.27 bits per heavy atom. The second-order valence-corrected chi connectivity index (χ2v) is 7.32. The third-order valence-electron chi connectivity index (χ3n) is 3.71. The molecule has 0 unspecified atom stereocenters. The zero-order chi connectivity index (χ0) is 16.2. The monoisotopic (exact) mass is 326 g/mol. The Kier molecular flexibility index (Phi) is 5.51. The second kappa shape index (κ2) is 7.18. The van der Waals surface area contributed by atoms with E-state index in [1.54, 1.807) is 6.92 Å². The van der Waals surface area contributed by atoms with E-state index >= 15 is 0 Å². The van der Waals surface area contributed by atoms with Gasteiger partial charge in [0.1, 0.15) is 5.82 Å². The number of benzene rings is 1. The van der Waals surface area contributed by atoms with Gasteiger partial charge < -0.3 is 4.74 Å². The van der Waals surface area contributed by atoms with Gasteiger partial charge in [0, 0.05) is 26.1 Å². The molecular formula is C15H19FN2O3S. The number of nitriles is 1. The van der Waals surface area contributed by atoms with Gasteiger partial charge in [0.2, 0.25) is 10.0 Å². The van der Waals surface area contributed by atoms with Crippen molar-refractivity contribution in [2.45, 2.75) is 24.7 Å². The van der Waals surface area contributed by atoms with Gasteiger partial charge in [-0.3, -0.25) is 0 Å². The first-order valence-corrected chi connectivity index (χ1v) is 8.60. The summed E-state index contributed by atoms with van der Waals surface area (Å²) in [6.07, 6.45) is 0.925. The van der Waals surface area contributed by atoms with Crippen molar-refractivity contribution in [2.75, 3.05) is 26.3 Å². The van der Waals surface area contributed by atoms with Crippen LogP contribution >= 0.6 is 0 Å². The van der Waals surface area contributed by atoms with Crippen molar-refractivity contribution in [1.29, 1.82) is 5.26 Å². The van der Waals surface area contributed by atoms with Crippen molar-refractivity contribution in [1.82, 2.24) is 4.31 Å². The summed E-state index contributed by atoms with van der Waals surface area (Å²) in [5.74, 6) is -0.335. The summed E-state index contributed by atoms with van der Waals surface area (Å²) in [6, 6.07) is 5.60. The van der Waals surface area contributed by atoms with Gasteiger partial charge in [-0.1, -0.05) is 0 Å². The summed E-state index contributed by atoms with van der Waals surface area (Å²) < 4.78 is 45.4. The van der Waals surface area contributed by atoms with Crippen molar-refractivity contribution in [3.05, 3.63) is 29.6 Å². The topological polar surface area (TPSA) is 70.4 Å². The van der Waals surface area contributed by atoms with Crippen LogP contribution in [0.15, 0.2) is 23.1 Å². The van der Waals surface area contributed by atoms with Crippen molar-refractivity contribution >= 4 is 10.0 Å². The molecule has 1 heterocycles. The average Bonchev–Trinajstić information content (AvgIpc) is 2.95. The highest BCUT2D eigenvalue weighted by molar-refractivity contribution is 7.89. The van der Waals surface area contributed by atoms with Gasteiger partial charge in [-0.05, 0) is 43.0 Å². The Labute approximate surface area is 130 Å². The minimum absolute atomic E-state index is 0.0887. The summed E-state index contributed by atoms with van der Waals surface area (Å²) in [7, 11) is -3.75. The van der Waals surface area contributed by atoms with E-state index < -0.39 is 15.8 Å². The molecule has 0 amide bonds. The molecule has 1 atom stereocenters. The molecule has 22 heavy (non-hydrogen) atoms. The highest BCUT2D eigenvalue weighted by Gasteiger charge is 2.29. The van der Waals surface area contributed by atoms with Crippen LogP contribution in [-0.4, -0.2) is 39.0 Å². The molecule has 0 spiro atoms. The second-order valence-electron chi connectivity index (χ2n) is 5.41. The lowest BCUT2D eigenvalue weighted by atomic mass is 10.1. The SMILES string of the molecule is Cc1cc(F)ccc1S(=O)(=O)N(CCC#N)C[C@@H]1CCOC1. The van der Waals surface area contributed by atoms with Gasteiger partial charge in [-0.15, -0.1) is 0 Å². The Balaban J connectivity index is 2.28. The summed E-state index contributed by atoms with van der Waals surface area (Å²) in [5.41, 5.74) is 0.365. The van der Waals surface area contributed by atoms with Gasteiger partial charge in [-0.2, -0.15) is 9.57 Å². The molecule has 1 saturated heterocycles. The van der Waals surface area contributed by atoms with E-state index in [1.165, 1.54) is 16.4 Å². The average molecular weight is 326 g/mol. The maximum atomic E-state index is 13.2. The number of hydrogen-bond donors (Lipinski definition) is 0. The molecule has 0 aliphatic carbocycles. The van der Waals surface area contributed by atoms with Crippen LogP contribution in [0.25, 0.3) is 0 Å². The predicted octanol–water partition coefficient (Wildman–Crippen LogP) is 2.08. The number of aryl methyl sites for hydroxylation is 1. The van der Waals surface area contributed by atoms with Crippen LogP contribution in [0.5, 0.6) is 0 Å². The van der Waals surface area contributed by atoms with Gasteiger partial charge >= 0.3 is 0 Å². The minimum Gasteiger partial charge on any atom is -0.381 e. The Bertz CT molecular complexity index is 664. The van der Waals surface area contributed by atoms with Crippen LogP contribution in [0, 0.1) is 30.0 Å². The molecule has 1 aromatic carbocycles. The van der Waals surface area contributed by atoms with Crippen molar-refractivity contribution in [3.8, 4) is 6.07 Å². The van der Waals surface area contributed by atoms with Crippen molar-refractivity contribution in [2.24, 2.45) is 5.92 Å². The predicted molar refractivity (Wildman–Crippen MR) is 79.1 cm³/mol. The maximum absolute atomic E-state index is 13.2. The third-order valence-corrected chi connectivity index (χ3v) is 5.74. The number of halogens is 1. The highest BCUT2D eigenvalue weighted by atomic mass is 32.2. The molecule has 120 valence electrons. The van der Waals surface area contributed by atoms with E-state index in [9.17, 15) is 12.8 Å². The molecule has 1 aliphatic heterocycles. The van der Waals surface area contributed by atoms with Crippen LogP contribution in [0.2, 0.25) is 0 Å². The number of rotatable bonds is 6. The first kappa shape index (κ1) is 16.9. The number of hydrogen-bond acceptors (Lipinski definition) is 4. The first-order valence-electron chi connectivity index (χ1n) is 7.16. The summed E-state index contributed by atoms with van der Waals surface area (Å²) in [4.78, 5) is 0.0887. The van der Waals surface area contributed by atoms with Crippen molar-refractivity contribution < 1.29 is 17.5 Å². The fourth-order valence-electron chi connectivity index (χ4n) is 2.54. The van der Waals surface area contributed by atoms with Crippen LogP contribution in [-0.2, 0) is 14.8 Å². The lowest BCUT2D eigenvalue weighted by Gasteiger charge is -2.24. The Hall–Kier alpha value is -1.49. The lowest BCUT2D eigenvalue weighted by molar-refractivity contribution is 0.180. The minimum atomic E-state index is -3.75. The maximum Gasteiger partial charge on any atom is 0.243 e. The van der Waals surface area contributed by atoms with Gasteiger partial charge in [0.05, 0.1) is 17.6 Å². The number of ether oxygens (including phenoxy) is 1. The van der Waals surface area contributed by atoms with E-state index in [2.05, 4.69) is 0 Å². The molecule has 1 fully saturated rings. The highest BCUT2D eigenvalue weighted by Crippen LogP contribution is 2.24. The van der Waals surface area contributed by atoms with E-state index in [-0.39, 0.29) is 23.8 Å². The van der Waals surface area contributed by atoms with Crippen LogP contribution < -0.4 is 0 Å². The van der Waals surface area contributed by atoms with Crippen LogP contribution in [0.1, 0.15) is 18.4 Å². The van der Waals surface area contributed by atoms with Crippen LogP contribution in [0.4, 0.5) is 4.39 Å². The van der Waals surface area contributed by atoms with Gasteiger partial charge in [-0.25, -0.2) is 12.8 Å². The van der Waals surface area contributed by atoms with E-state index in [4.69, 9.17) is 10.00 Å². The molecule has 0 bridgehead atoms. The molecule has 0 aromatic heterocycles. The van der Waals surface area contributed by atoms with E-state index in [1.807, 2.05) is 6.07 Å². The lowest BCUT2D eigenvalue weighted by Crippen LogP contribution is -2.36. The molecule has 0 radical (unpaired) electrons. The molecule has 5 nitrogen and oxygen atoms in total. The zero-order valence-electron chi connectivity index (χ0n) is 12.5. The Morgan fingerprint density at radius 3 is 2.86 bits per heavy atom. The quantitative estimate of drug-likeness (QED) is 0.802. The summed E-state index contributed by atoms with van der Waals surface area (Å²) in [5, 5.41) is 8.76. The molecule has 1 aromatic rings. The molecule has 0 saturated carbocycles. The van der Waals surface area contributed by atoms with Gasteiger partial charge in [0.25, 0.3) is 0 Å². The summed E-state index contributed by atoms with van der Waals surface area (Å²) >= 11 is 0. The van der Waals surface area contributed by atoms with Gasteiger partial charge in [0.15, 0.2) is 0 Å². The third kappa shape index (κ3) is 3.83. The van der Waals surface area contributed by atoms with Crippen molar-refractivity contribution in [3.63, 3.8) is 0 Å². The van der Waals surface area contributed by atoms with E-state index in [0.29, 0.717) is 25.3 Å². The normalized spacial score (nSPS) is 18.5. The smallest absolute Gasteiger partial charge is 0.243 e. The first-order chi connectivity index (χ1) is 10.4. The zero-order valence-corrected chi connectivity index (χ0v) is 13.3. The molecular weight excluding hydrogens is 307 g/mol. The molecule has 7 heteroatoms. The fraction of sp³-hybridized carbons (Fsp3) is 0.533. The fourth-order valence-corrected chi connectivity index (χ4v) is 4.26. The van der Waals surface area contributed by atoms with E-state index in [0.717, 1.165) is 12.5 Å². The number of sulfonamides is 1. The number of nitrogens with zero attached hydrogens (tertiary/aromatic N) is 2. The molecule has 0 N–H and O–H groups in total. The molecule has 2 rings (SSSR count). The largest absolute Gasteiger partial charge is 0.381 e. The molecule has 1 aliphatic rings. The Morgan fingerprint density at radius 1 is 1.50 bits per heavy atom. The van der Waals surface area contributed by atoms with Crippen LogP contribution in [0.3, 0.4) is 0 Å². The standard InChI is InChI=1S/C15H19FN2O3S/c1-12-9-14(16)3-4-15(12)22(19,20)18(7-2-6-17)10-13-5-8-21-11-13/h3-4,9,13H,2,5,7-8,10-11H2,1H3/t13-/m0/s1. The summed E-state index contributed by atoms with van der Waals surface area (Å²) in [6.45, 7) is 3.18.